The van der Waals surface area contributed by atoms with E-state index in [1.54, 1.807) is 0 Å². The summed E-state index contributed by atoms with van der Waals surface area (Å²) in [6.45, 7) is 4.34. The van der Waals surface area contributed by atoms with Crippen LogP contribution in [0.25, 0.3) is 0 Å². The summed E-state index contributed by atoms with van der Waals surface area (Å²) in [7, 11) is 0. The molecule has 1 unspecified atom stereocenters. The molecule has 2 aliphatic rings. The van der Waals surface area contributed by atoms with E-state index in [1.807, 2.05) is 31.2 Å². The molecule has 1 aliphatic heterocycles. The fourth-order valence-electron chi connectivity index (χ4n) is 3.31. The zero-order chi connectivity index (χ0) is 17.5. The second-order valence-electron chi connectivity index (χ2n) is 6.86. The molecule has 1 aromatic carbocycles. The van der Waals surface area contributed by atoms with Crippen molar-refractivity contribution in [3.8, 4) is 11.5 Å². The third kappa shape index (κ3) is 5.90. The molecule has 1 heterocycles. The topological polar surface area (TPSA) is 75.1 Å². The van der Waals surface area contributed by atoms with E-state index in [-0.39, 0.29) is 30.1 Å². The first kappa shape index (κ1) is 21.1. The minimum Gasteiger partial charge on any atom is -0.486 e. The molecule has 3 N–H and O–H groups in total. The lowest BCUT2D eigenvalue weighted by molar-refractivity contribution is 0.0131. The fourth-order valence-corrected chi connectivity index (χ4v) is 3.31. The lowest BCUT2D eigenvalue weighted by atomic mass is 9.85. The van der Waals surface area contributed by atoms with Gasteiger partial charge in [-0.3, -0.25) is 4.99 Å². The molecule has 26 heavy (non-hydrogen) atoms. The molecule has 1 atom stereocenters. The summed E-state index contributed by atoms with van der Waals surface area (Å²) in [6, 6.07) is 7.70. The van der Waals surface area contributed by atoms with Gasteiger partial charge in [0.2, 0.25) is 0 Å². The van der Waals surface area contributed by atoms with Crippen molar-refractivity contribution < 1.29 is 14.6 Å². The Morgan fingerprint density at radius 2 is 1.92 bits per heavy atom. The van der Waals surface area contributed by atoms with Crippen molar-refractivity contribution in [1.82, 2.24) is 10.6 Å². The molecule has 1 fully saturated rings. The van der Waals surface area contributed by atoms with Gasteiger partial charge in [-0.05, 0) is 31.9 Å². The second-order valence-corrected chi connectivity index (χ2v) is 6.86. The Labute approximate surface area is 172 Å². The quantitative estimate of drug-likeness (QED) is 0.347. The van der Waals surface area contributed by atoms with Gasteiger partial charge in [-0.15, -0.1) is 24.0 Å². The number of fused-ring (bicyclic) bond motifs is 1. The third-order valence-corrected chi connectivity index (χ3v) is 4.72. The molecule has 1 aromatic rings. The van der Waals surface area contributed by atoms with Gasteiger partial charge in [0.25, 0.3) is 0 Å². The van der Waals surface area contributed by atoms with Gasteiger partial charge in [-0.1, -0.05) is 31.4 Å². The van der Waals surface area contributed by atoms with Crippen LogP contribution < -0.4 is 20.1 Å². The van der Waals surface area contributed by atoms with Crippen molar-refractivity contribution >= 4 is 29.9 Å². The molecule has 0 aromatic heterocycles. The zero-order valence-corrected chi connectivity index (χ0v) is 17.7. The molecule has 6 nitrogen and oxygen atoms in total. The van der Waals surface area contributed by atoms with Crippen LogP contribution in [-0.4, -0.2) is 49.0 Å². The molecule has 0 amide bonds. The van der Waals surface area contributed by atoms with Crippen LogP contribution >= 0.6 is 24.0 Å². The highest BCUT2D eigenvalue weighted by Crippen LogP contribution is 2.30. The molecule has 7 heteroatoms. The summed E-state index contributed by atoms with van der Waals surface area (Å²) >= 11 is 0. The number of hydrogen-bond donors (Lipinski definition) is 3. The smallest absolute Gasteiger partial charge is 0.191 e. The normalized spacial score (nSPS) is 21.5. The highest BCUT2D eigenvalue weighted by Gasteiger charge is 2.29. The molecule has 3 rings (SSSR count). The van der Waals surface area contributed by atoms with Gasteiger partial charge < -0.3 is 25.2 Å². The predicted molar refractivity (Wildman–Crippen MR) is 114 cm³/mol. The lowest BCUT2D eigenvalue weighted by Gasteiger charge is -2.31. The summed E-state index contributed by atoms with van der Waals surface area (Å²) in [6.07, 6.45) is 4.99. The van der Waals surface area contributed by atoms with Crippen LogP contribution in [-0.2, 0) is 0 Å². The highest BCUT2D eigenvalue weighted by atomic mass is 127. The summed E-state index contributed by atoms with van der Waals surface area (Å²) in [5.41, 5.74) is -0.649. The van der Waals surface area contributed by atoms with Gasteiger partial charge >= 0.3 is 0 Å². The fraction of sp³-hybridized carbons (Fsp3) is 0.632. The van der Waals surface area contributed by atoms with E-state index in [1.165, 1.54) is 6.42 Å². The van der Waals surface area contributed by atoms with Crippen LogP contribution in [0.5, 0.6) is 11.5 Å². The first-order chi connectivity index (χ1) is 12.2. The van der Waals surface area contributed by atoms with Crippen LogP contribution in [0.2, 0.25) is 0 Å². The van der Waals surface area contributed by atoms with E-state index in [0.717, 1.165) is 43.7 Å². The number of nitrogens with one attached hydrogen (secondary N) is 2. The molecule has 0 bridgehead atoms. The average molecular weight is 475 g/mol. The van der Waals surface area contributed by atoms with Gasteiger partial charge in [0, 0.05) is 6.54 Å². The number of halogens is 1. The molecule has 146 valence electrons. The van der Waals surface area contributed by atoms with E-state index in [9.17, 15) is 5.11 Å². The Hall–Kier alpha value is -1.22. The zero-order valence-electron chi connectivity index (χ0n) is 15.4. The molecule has 1 aliphatic carbocycles. The Morgan fingerprint density at radius 1 is 1.19 bits per heavy atom. The summed E-state index contributed by atoms with van der Waals surface area (Å²) < 4.78 is 11.7. The van der Waals surface area contributed by atoms with Crippen LogP contribution in [0.4, 0.5) is 0 Å². The van der Waals surface area contributed by atoms with Gasteiger partial charge in [0.15, 0.2) is 17.5 Å². The number of ether oxygens (including phenoxy) is 2. The van der Waals surface area contributed by atoms with Crippen LogP contribution in [0.15, 0.2) is 29.3 Å². The van der Waals surface area contributed by atoms with Gasteiger partial charge in [-0.25, -0.2) is 0 Å². The number of nitrogens with zero attached hydrogens (tertiary/aromatic N) is 1. The Bertz CT molecular complexity index is 591. The Morgan fingerprint density at radius 3 is 2.65 bits per heavy atom. The van der Waals surface area contributed by atoms with Crippen LogP contribution in [0, 0.1) is 0 Å². The molecule has 0 spiro atoms. The van der Waals surface area contributed by atoms with Crippen molar-refractivity contribution in [2.45, 2.75) is 50.7 Å². The third-order valence-electron chi connectivity index (χ3n) is 4.72. The van der Waals surface area contributed by atoms with Crippen molar-refractivity contribution in [2.24, 2.45) is 4.99 Å². The number of benzene rings is 1. The molecule has 0 saturated heterocycles. The van der Waals surface area contributed by atoms with Gasteiger partial charge in [0.1, 0.15) is 12.7 Å². The molecular formula is C19H30IN3O3. The van der Waals surface area contributed by atoms with Crippen molar-refractivity contribution in [3.05, 3.63) is 24.3 Å². The van der Waals surface area contributed by atoms with E-state index >= 15 is 0 Å². The standard InChI is InChI=1S/C19H29N3O3.HI/c1-2-20-18(22-14-19(23)10-6-3-7-11-19)21-12-15-13-24-16-8-4-5-9-17(16)25-15;/h4-5,8-9,15,23H,2-3,6-7,10-14H2,1H3,(H2,20,21,22);1H. The highest BCUT2D eigenvalue weighted by molar-refractivity contribution is 14.0. The maximum atomic E-state index is 10.6. The van der Waals surface area contributed by atoms with Crippen molar-refractivity contribution in [3.63, 3.8) is 0 Å². The predicted octanol–water partition coefficient (Wildman–Crippen LogP) is 2.69. The monoisotopic (exact) mass is 475 g/mol. The maximum Gasteiger partial charge on any atom is 0.191 e. The van der Waals surface area contributed by atoms with Gasteiger partial charge in [-0.2, -0.15) is 0 Å². The molecular weight excluding hydrogens is 445 g/mol. The summed E-state index contributed by atoms with van der Waals surface area (Å²) in [5, 5.41) is 17.1. The van der Waals surface area contributed by atoms with Gasteiger partial charge in [0.05, 0.1) is 18.7 Å². The Kier molecular flexibility index (Phi) is 8.27. The average Bonchev–Trinajstić information content (AvgIpc) is 2.64. The SMILES string of the molecule is CCNC(=NCC1(O)CCCCC1)NCC1COc2ccccc2O1.I. The van der Waals surface area contributed by atoms with E-state index in [4.69, 9.17) is 9.47 Å². The number of rotatable bonds is 5. The van der Waals surface area contributed by atoms with Crippen LogP contribution in [0.1, 0.15) is 39.0 Å². The first-order valence-electron chi connectivity index (χ1n) is 9.31. The summed E-state index contributed by atoms with van der Waals surface area (Å²) in [4.78, 5) is 4.59. The molecule has 1 saturated carbocycles. The largest absolute Gasteiger partial charge is 0.486 e. The van der Waals surface area contributed by atoms with E-state index in [2.05, 4.69) is 15.6 Å². The van der Waals surface area contributed by atoms with E-state index < -0.39 is 5.60 Å². The maximum absolute atomic E-state index is 10.6. The number of guanidine groups is 1. The number of hydrogen-bond acceptors (Lipinski definition) is 4. The van der Waals surface area contributed by atoms with Crippen LogP contribution in [0.3, 0.4) is 0 Å². The second kappa shape index (κ2) is 10.2. The number of aliphatic imine (C=N–C) groups is 1. The van der Waals surface area contributed by atoms with Crippen molar-refractivity contribution in [1.29, 1.82) is 0 Å². The number of aliphatic hydroxyl groups is 1. The first-order valence-corrected chi connectivity index (χ1v) is 9.31. The summed E-state index contributed by atoms with van der Waals surface area (Å²) in [5.74, 6) is 2.28. The lowest BCUT2D eigenvalue weighted by Crippen LogP contribution is -2.46. The number of para-hydroxylation sites is 2. The molecule has 0 radical (unpaired) electrons. The Balaban J connectivity index is 0.00000243. The minimum absolute atomic E-state index is 0. The van der Waals surface area contributed by atoms with E-state index in [0.29, 0.717) is 25.7 Å². The van der Waals surface area contributed by atoms with Crippen molar-refractivity contribution in [2.75, 3.05) is 26.2 Å². The minimum atomic E-state index is -0.649.